The Hall–Kier alpha value is -2.34. The third-order valence-electron chi connectivity index (χ3n) is 3.38. The second-order valence-corrected chi connectivity index (χ2v) is 8.45. The highest BCUT2D eigenvalue weighted by molar-refractivity contribution is 7.88. The molecule has 0 aliphatic rings. The van der Waals surface area contributed by atoms with Crippen LogP contribution in [0.1, 0.15) is 45.3 Å². The number of ether oxygens (including phenoxy) is 2. The van der Waals surface area contributed by atoms with Gasteiger partial charge in [0.25, 0.3) is 0 Å². The van der Waals surface area contributed by atoms with Crippen LogP contribution in [0.2, 0.25) is 0 Å². The molecule has 0 aliphatic carbocycles. The molecule has 0 saturated carbocycles. The minimum atomic E-state index is -6.06. The quantitative estimate of drug-likeness (QED) is 0.380. The van der Waals surface area contributed by atoms with Gasteiger partial charge in [0.15, 0.2) is 28.8 Å². The van der Waals surface area contributed by atoms with Crippen molar-refractivity contribution in [2.45, 2.75) is 51.8 Å². The number of fused-ring (bicyclic) bond motifs is 1. The van der Waals surface area contributed by atoms with Gasteiger partial charge in [-0.05, 0) is 39.8 Å². The van der Waals surface area contributed by atoms with Crippen LogP contribution < -0.4 is 4.18 Å². The van der Waals surface area contributed by atoms with Crippen molar-refractivity contribution in [1.82, 2.24) is 4.98 Å². The number of alkyl halides is 3. The topological polar surface area (TPSA) is 105 Å². The average Bonchev–Trinajstić information content (AvgIpc) is 2.92. The van der Waals surface area contributed by atoms with Gasteiger partial charge in [-0.25, -0.2) is 9.78 Å². The molecule has 2 aromatic rings. The number of nitrogens with zero attached hydrogens (tertiary/aromatic N) is 1. The van der Waals surface area contributed by atoms with Gasteiger partial charge < -0.3 is 18.1 Å². The minimum Gasteiger partial charge on any atom is -0.464 e. The summed E-state index contributed by atoms with van der Waals surface area (Å²) in [4.78, 5) is 16.4. The van der Waals surface area contributed by atoms with Crippen LogP contribution in [0, 0.1) is 6.92 Å². The normalized spacial score (nSPS) is 14.1. The first-order chi connectivity index (χ1) is 13.2. The monoisotopic (exact) mass is 439 g/mol. The molecule has 1 unspecified atom stereocenters. The maximum Gasteiger partial charge on any atom is 0.534 e. The number of aryl methyl sites for hydroxylation is 1. The van der Waals surface area contributed by atoms with E-state index in [2.05, 4.69) is 9.17 Å². The predicted octanol–water partition coefficient (Wildman–Crippen LogP) is 3.78. The Morgan fingerprint density at radius 3 is 2.38 bits per heavy atom. The van der Waals surface area contributed by atoms with E-state index in [0.717, 1.165) is 0 Å². The molecule has 162 valence electrons. The van der Waals surface area contributed by atoms with E-state index in [9.17, 15) is 26.4 Å². The number of oxazole rings is 1. The summed E-state index contributed by atoms with van der Waals surface area (Å²) in [7, 11) is -6.06. The molecule has 1 heterocycles. The molecule has 1 aromatic heterocycles. The van der Waals surface area contributed by atoms with Crippen molar-refractivity contribution in [1.29, 1.82) is 0 Å². The van der Waals surface area contributed by atoms with Crippen molar-refractivity contribution in [3.63, 3.8) is 0 Å². The van der Waals surface area contributed by atoms with E-state index in [0.29, 0.717) is 0 Å². The molecular formula is C17H20F3NO7S. The summed E-state index contributed by atoms with van der Waals surface area (Å²) >= 11 is 0. The lowest BCUT2D eigenvalue weighted by Crippen LogP contribution is -2.31. The van der Waals surface area contributed by atoms with E-state index in [1.165, 1.54) is 26.0 Å². The predicted molar refractivity (Wildman–Crippen MR) is 94.6 cm³/mol. The summed E-state index contributed by atoms with van der Waals surface area (Å²) in [5.41, 5.74) is -7.27. The number of carbonyl (C=O) groups excluding carboxylic acids is 1. The Morgan fingerprint density at radius 2 is 1.86 bits per heavy atom. The Labute approximate surface area is 165 Å². The molecule has 0 saturated heterocycles. The first-order valence-corrected chi connectivity index (χ1v) is 9.82. The summed E-state index contributed by atoms with van der Waals surface area (Å²) in [5, 5.41) is 0. The van der Waals surface area contributed by atoms with Gasteiger partial charge in [0.1, 0.15) is 0 Å². The van der Waals surface area contributed by atoms with Gasteiger partial charge in [0, 0.05) is 12.5 Å². The van der Waals surface area contributed by atoms with Crippen LogP contribution in [0.3, 0.4) is 0 Å². The maximum atomic E-state index is 12.9. The molecule has 0 fully saturated rings. The van der Waals surface area contributed by atoms with Crippen molar-refractivity contribution in [2.24, 2.45) is 0 Å². The lowest BCUT2D eigenvalue weighted by atomic mass is 10.1. The average molecular weight is 439 g/mol. The Bertz CT molecular complexity index is 1010. The van der Waals surface area contributed by atoms with Crippen molar-refractivity contribution in [2.75, 3.05) is 6.61 Å². The SMILES string of the molecule is CCOC(=O)C(OC(C)(C)C)c1ccc2oc(C)nc2c1OS(=O)(=O)C(F)(F)F. The van der Waals surface area contributed by atoms with Gasteiger partial charge in [-0.1, -0.05) is 0 Å². The van der Waals surface area contributed by atoms with E-state index in [4.69, 9.17) is 13.9 Å². The molecule has 0 aliphatic heterocycles. The zero-order chi connectivity index (χ0) is 22.2. The van der Waals surface area contributed by atoms with E-state index in [1.807, 2.05) is 0 Å². The highest BCUT2D eigenvalue weighted by atomic mass is 32.2. The highest BCUT2D eigenvalue weighted by Gasteiger charge is 2.49. The third-order valence-corrected chi connectivity index (χ3v) is 4.34. The van der Waals surface area contributed by atoms with Crippen LogP contribution in [0.25, 0.3) is 11.1 Å². The number of hydrogen-bond donors (Lipinski definition) is 0. The fraction of sp³-hybridized carbons (Fsp3) is 0.529. The lowest BCUT2D eigenvalue weighted by molar-refractivity contribution is -0.166. The van der Waals surface area contributed by atoms with Gasteiger partial charge in [0.2, 0.25) is 0 Å². The number of rotatable bonds is 6. The molecule has 0 N–H and O–H groups in total. The maximum absolute atomic E-state index is 12.9. The van der Waals surface area contributed by atoms with Crippen LogP contribution in [0.5, 0.6) is 5.75 Å². The summed E-state index contributed by atoms with van der Waals surface area (Å²) in [6.45, 7) is 7.71. The van der Waals surface area contributed by atoms with Crippen LogP contribution in [-0.4, -0.2) is 37.1 Å². The van der Waals surface area contributed by atoms with E-state index in [-0.39, 0.29) is 29.2 Å². The molecule has 8 nitrogen and oxygen atoms in total. The third kappa shape index (κ3) is 5.18. The second-order valence-electron chi connectivity index (χ2n) is 6.91. The van der Waals surface area contributed by atoms with Gasteiger partial charge in [-0.3, -0.25) is 0 Å². The molecule has 1 aromatic carbocycles. The van der Waals surface area contributed by atoms with Crippen LogP contribution >= 0.6 is 0 Å². The first-order valence-electron chi connectivity index (χ1n) is 8.41. The lowest BCUT2D eigenvalue weighted by Gasteiger charge is -2.27. The molecule has 0 bridgehead atoms. The number of benzene rings is 1. The fourth-order valence-corrected chi connectivity index (χ4v) is 2.85. The first kappa shape index (κ1) is 22.9. The second kappa shape index (κ2) is 7.82. The minimum absolute atomic E-state index is 0.0306. The molecule has 1 atom stereocenters. The van der Waals surface area contributed by atoms with E-state index >= 15 is 0 Å². The van der Waals surface area contributed by atoms with Crippen LogP contribution in [0.4, 0.5) is 13.2 Å². The molecule has 12 heteroatoms. The molecule has 0 spiro atoms. The van der Waals surface area contributed by atoms with Crippen LogP contribution in [-0.2, 0) is 24.4 Å². The highest BCUT2D eigenvalue weighted by Crippen LogP contribution is 2.40. The zero-order valence-electron chi connectivity index (χ0n) is 16.3. The smallest absolute Gasteiger partial charge is 0.464 e. The fourth-order valence-electron chi connectivity index (χ4n) is 2.36. The van der Waals surface area contributed by atoms with Gasteiger partial charge >= 0.3 is 21.6 Å². The van der Waals surface area contributed by atoms with Gasteiger partial charge in [0.05, 0.1) is 12.2 Å². The van der Waals surface area contributed by atoms with Crippen molar-refractivity contribution >= 4 is 27.2 Å². The summed E-state index contributed by atoms with van der Waals surface area (Å²) in [5.74, 6) is -1.70. The van der Waals surface area contributed by atoms with Crippen molar-refractivity contribution in [3.05, 3.63) is 23.6 Å². The number of halogens is 3. The number of esters is 1. The number of hydrogen-bond acceptors (Lipinski definition) is 8. The van der Waals surface area contributed by atoms with Crippen molar-refractivity contribution in [3.8, 4) is 5.75 Å². The Balaban J connectivity index is 2.74. The van der Waals surface area contributed by atoms with Gasteiger partial charge in [-0.2, -0.15) is 21.6 Å². The van der Waals surface area contributed by atoms with Crippen LogP contribution in [0.15, 0.2) is 16.5 Å². The summed E-state index contributed by atoms with van der Waals surface area (Å²) in [6.07, 6.45) is -1.57. The summed E-state index contributed by atoms with van der Waals surface area (Å²) in [6, 6.07) is 2.48. The van der Waals surface area contributed by atoms with Gasteiger partial charge in [-0.15, -0.1) is 0 Å². The van der Waals surface area contributed by atoms with Crippen molar-refractivity contribution < 1.29 is 44.5 Å². The number of aromatic nitrogens is 1. The largest absolute Gasteiger partial charge is 0.534 e. The Morgan fingerprint density at radius 1 is 1.24 bits per heavy atom. The molecule has 0 amide bonds. The standard InChI is InChI=1S/C17H20F3NO7S/c1-6-25-15(22)14(27-16(3,4)5)10-7-8-11-12(21-9(2)26-11)13(10)28-29(23,24)17(18,19)20/h7-8,14H,6H2,1-5H3. The molecule has 0 radical (unpaired) electrons. The molecular weight excluding hydrogens is 419 g/mol. The molecule has 2 rings (SSSR count). The van der Waals surface area contributed by atoms with E-state index in [1.54, 1.807) is 20.8 Å². The Kier molecular flexibility index (Phi) is 6.19. The molecule has 29 heavy (non-hydrogen) atoms. The number of carbonyl (C=O) groups is 1. The summed E-state index contributed by atoms with van der Waals surface area (Å²) < 4.78 is 82.3. The van der Waals surface area contributed by atoms with E-state index < -0.39 is 39.1 Å². The zero-order valence-corrected chi connectivity index (χ0v) is 17.1.